The maximum Gasteiger partial charge on any atom is 0.262 e. The van der Waals surface area contributed by atoms with Gasteiger partial charge in [-0.3, -0.25) is 34.2 Å². The molecule has 1 fully saturated rings. The first-order valence-electron chi connectivity index (χ1n) is 10.4. The van der Waals surface area contributed by atoms with Crippen LogP contribution in [0.4, 0.5) is 0 Å². The number of nitrogens with zero attached hydrogens (tertiary/aromatic N) is 1. The van der Waals surface area contributed by atoms with Crippen molar-refractivity contribution in [1.82, 2.24) is 15.5 Å². The van der Waals surface area contributed by atoms with Gasteiger partial charge in [0.2, 0.25) is 11.8 Å². The quantitative estimate of drug-likeness (QED) is 0.352. The molecule has 3 rings (SSSR count). The molecule has 2 heterocycles. The molecular weight excluding hydrogens is 404 g/mol. The van der Waals surface area contributed by atoms with Gasteiger partial charge in [-0.25, -0.2) is 0 Å². The number of imide groups is 2. The Morgan fingerprint density at radius 2 is 1.84 bits per heavy atom. The summed E-state index contributed by atoms with van der Waals surface area (Å²) in [6.07, 6.45) is 3.99. The lowest BCUT2D eigenvalue weighted by molar-refractivity contribution is -0.136. The summed E-state index contributed by atoms with van der Waals surface area (Å²) in [5.74, 6) is -2.32. The van der Waals surface area contributed by atoms with E-state index in [1.54, 1.807) is 0 Å². The third kappa shape index (κ3) is 5.26. The van der Waals surface area contributed by atoms with E-state index >= 15 is 0 Å². The van der Waals surface area contributed by atoms with E-state index < -0.39 is 29.7 Å². The van der Waals surface area contributed by atoms with Crippen LogP contribution in [0.1, 0.15) is 59.2 Å². The minimum absolute atomic E-state index is 0.0559. The van der Waals surface area contributed by atoms with Crippen LogP contribution in [0.3, 0.4) is 0 Å². The summed E-state index contributed by atoms with van der Waals surface area (Å²) < 4.78 is 5.45. The molecule has 1 saturated heterocycles. The Labute approximate surface area is 179 Å². The fraction of sp³-hybridized carbons (Fsp3) is 0.476. The zero-order chi connectivity index (χ0) is 22.4. The molecule has 0 aromatic heterocycles. The van der Waals surface area contributed by atoms with Crippen LogP contribution in [0.5, 0.6) is 5.75 Å². The maximum absolute atomic E-state index is 12.8. The number of amides is 5. The lowest BCUT2D eigenvalue weighted by Gasteiger charge is -2.27. The number of rotatable bonds is 10. The molecule has 2 aliphatic heterocycles. The Morgan fingerprint density at radius 1 is 1.10 bits per heavy atom. The Hall–Kier alpha value is -3.27. The first-order chi connectivity index (χ1) is 14.9. The molecule has 5 amide bonds. The molecule has 1 atom stereocenters. The normalized spacial score (nSPS) is 18.1. The van der Waals surface area contributed by atoms with E-state index in [4.69, 9.17) is 10.5 Å². The largest absolute Gasteiger partial charge is 0.484 e. The van der Waals surface area contributed by atoms with Crippen molar-refractivity contribution in [2.24, 2.45) is 5.73 Å². The van der Waals surface area contributed by atoms with Gasteiger partial charge >= 0.3 is 0 Å². The number of ether oxygens (including phenoxy) is 1. The lowest BCUT2D eigenvalue weighted by atomic mass is 10.0. The van der Waals surface area contributed by atoms with E-state index in [1.807, 2.05) is 0 Å². The van der Waals surface area contributed by atoms with Crippen molar-refractivity contribution in [2.45, 2.75) is 44.6 Å². The highest BCUT2D eigenvalue weighted by molar-refractivity contribution is 6.23. The number of nitrogens with two attached hydrogens (primary N) is 1. The van der Waals surface area contributed by atoms with Crippen molar-refractivity contribution in [3.63, 3.8) is 0 Å². The smallest absolute Gasteiger partial charge is 0.262 e. The standard InChI is InChI=1S/C21H26N4O6/c22-9-3-1-2-4-10-23-18(27)12-31-13-5-6-14-15(11-13)21(30)25(20(14)29)16-7-8-17(26)24-19(16)28/h5-6,11,16H,1-4,7-10,12,22H2,(H,23,27)(H,24,26,28). The molecule has 0 radical (unpaired) electrons. The molecule has 166 valence electrons. The van der Waals surface area contributed by atoms with Crippen molar-refractivity contribution in [2.75, 3.05) is 19.7 Å². The molecular formula is C21H26N4O6. The molecule has 1 unspecified atom stereocenters. The van der Waals surface area contributed by atoms with Gasteiger partial charge in [-0.2, -0.15) is 0 Å². The monoisotopic (exact) mass is 430 g/mol. The first-order valence-corrected chi connectivity index (χ1v) is 10.4. The van der Waals surface area contributed by atoms with Crippen LogP contribution in [0.15, 0.2) is 18.2 Å². The van der Waals surface area contributed by atoms with Gasteiger partial charge < -0.3 is 15.8 Å². The summed E-state index contributed by atoms with van der Waals surface area (Å²) in [6.45, 7) is 0.992. The van der Waals surface area contributed by atoms with E-state index in [0.29, 0.717) is 13.1 Å². The Balaban J connectivity index is 1.55. The molecule has 10 nitrogen and oxygen atoms in total. The summed E-state index contributed by atoms with van der Waals surface area (Å²) in [5, 5.41) is 4.91. The van der Waals surface area contributed by atoms with Gasteiger partial charge in [-0.15, -0.1) is 0 Å². The van der Waals surface area contributed by atoms with Crippen molar-refractivity contribution in [3.05, 3.63) is 29.3 Å². The Kier molecular flexibility index (Phi) is 7.35. The average Bonchev–Trinajstić information content (AvgIpc) is 2.99. The zero-order valence-corrected chi connectivity index (χ0v) is 17.1. The molecule has 0 aliphatic carbocycles. The number of nitrogens with one attached hydrogen (secondary N) is 2. The number of carbonyl (C=O) groups is 5. The number of fused-ring (bicyclic) bond motifs is 1. The lowest BCUT2D eigenvalue weighted by Crippen LogP contribution is -2.54. The van der Waals surface area contributed by atoms with Crippen LogP contribution in [0.25, 0.3) is 0 Å². The summed E-state index contributed by atoms with van der Waals surface area (Å²) in [5.41, 5.74) is 5.70. The summed E-state index contributed by atoms with van der Waals surface area (Å²) in [6, 6.07) is 3.30. The molecule has 2 aliphatic rings. The van der Waals surface area contributed by atoms with Crippen LogP contribution in [-0.4, -0.2) is 60.2 Å². The van der Waals surface area contributed by atoms with Gasteiger partial charge in [0.25, 0.3) is 17.7 Å². The van der Waals surface area contributed by atoms with Crippen molar-refractivity contribution in [1.29, 1.82) is 0 Å². The molecule has 31 heavy (non-hydrogen) atoms. The van der Waals surface area contributed by atoms with Gasteiger partial charge in [0.05, 0.1) is 11.1 Å². The number of hydrogen-bond donors (Lipinski definition) is 3. The first kappa shape index (κ1) is 22.4. The van der Waals surface area contributed by atoms with E-state index in [1.165, 1.54) is 18.2 Å². The fourth-order valence-electron chi connectivity index (χ4n) is 3.59. The number of benzene rings is 1. The maximum atomic E-state index is 12.8. The molecule has 1 aromatic carbocycles. The second kappa shape index (κ2) is 10.2. The van der Waals surface area contributed by atoms with Crippen molar-refractivity contribution in [3.8, 4) is 5.75 Å². The van der Waals surface area contributed by atoms with Gasteiger partial charge in [0.15, 0.2) is 6.61 Å². The van der Waals surface area contributed by atoms with E-state index in [0.717, 1.165) is 30.6 Å². The van der Waals surface area contributed by atoms with Crippen LogP contribution in [0.2, 0.25) is 0 Å². The SMILES string of the molecule is NCCCCCCNC(=O)COc1ccc2c(c1)C(=O)N(C1CCC(=O)NC1=O)C2=O. The molecule has 0 bridgehead atoms. The predicted octanol–water partition coefficient (Wildman–Crippen LogP) is 0.102. The van der Waals surface area contributed by atoms with E-state index in [-0.39, 0.29) is 42.2 Å². The molecule has 1 aromatic rings. The third-order valence-corrected chi connectivity index (χ3v) is 5.23. The zero-order valence-electron chi connectivity index (χ0n) is 17.1. The summed E-state index contributed by atoms with van der Waals surface area (Å²) in [7, 11) is 0. The van der Waals surface area contributed by atoms with Gasteiger partial charge in [0.1, 0.15) is 11.8 Å². The number of carbonyl (C=O) groups excluding carboxylic acids is 5. The van der Waals surface area contributed by atoms with Gasteiger partial charge in [-0.1, -0.05) is 12.8 Å². The Bertz CT molecular complexity index is 900. The predicted molar refractivity (Wildman–Crippen MR) is 109 cm³/mol. The van der Waals surface area contributed by atoms with Crippen LogP contribution in [-0.2, 0) is 14.4 Å². The summed E-state index contributed by atoms with van der Waals surface area (Å²) >= 11 is 0. The molecule has 0 saturated carbocycles. The molecule has 4 N–H and O–H groups in total. The number of piperidine rings is 1. The van der Waals surface area contributed by atoms with Crippen molar-refractivity contribution >= 4 is 29.5 Å². The minimum atomic E-state index is -1.02. The Morgan fingerprint density at radius 3 is 2.58 bits per heavy atom. The highest BCUT2D eigenvalue weighted by Crippen LogP contribution is 2.30. The van der Waals surface area contributed by atoms with Crippen LogP contribution in [0, 0.1) is 0 Å². The number of hydrogen-bond acceptors (Lipinski definition) is 7. The second-order valence-electron chi connectivity index (χ2n) is 7.50. The van der Waals surface area contributed by atoms with Crippen molar-refractivity contribution < 1.29 is 28.7 Å². The second-order valence-corrected chi connectivity index (χ2v) is 7.50. The molecule has 10 heteroatoms. The van der Waals surface area contributed by atoms with E-state index in [2.05, 4.69) is 10.6 Å². The van der Waals surface area contributed by atoms with Gasteiger partial charge in [0, 0.05) is 13.0 Å². The van der Waals surface area contributed by atoms with Gasteiger partial charge in [-0.05, 0) is 44.0 Å². The van der Waals surface area contributed by atoms with E-state index in [9.17, 15) is 24.0 Å². The average molecular weight is 430 g/mol. The summed E-state index contributed by atoms with van der Waals surface area (Å²) in [4.78, 5) is 61.6. The highest BCUT2D eigenvalue weighted by atomic mass is 16.5. The third-order valence-electron chi connectivity index (χ3n) is 5.23. The fourth-order valence-corrected chi connectivity index (χ4v) is 3.59. The van der Waals surface area contributed by atoms with Crippen LogP contribution < -0.4 is 21.1 Å². The molecule has 0 spiro atoms. The topological polar surface area (TPSA) is 148 Å². The number of unbranched alkanes of at least 4 members (excludes halogenated alkanes) is 3. The highest BCUT2D eigenvalue weighted by Gasteiger charge is 2.44. The van der Waals surface area contributed by atoms with Crippen LogP contribution >= 0.6 is 0 Å². The minimum Gasteiger partial charge on any atom is -0.484 e.